The van der Waals surface area contributed by atoms with Crippen LogP contribution in [-0.2, 0) is 24.0 Å². The van der Waals surface area contributed by atoms with Gasteiger partial charge in [0.05, 0.1) is 6.54 Å². The first kappa shape index (κ1) is 43.4. The molecule has 288 valence electrons. The van der Waals surface area contributed by atoms with Crippen molar-refractivity contribution in [3.63, 3.8) is 0 Å². The molecule has 0 radical (unpaired) electrons. The van der Waals surface area contributed by atoms with Gasteiger partial charge in [-0.1, -0.05) is 84.0 Å². The molecule has 2 heterocycles. The van der Waals surface area contributed by atoms with Crippen LogP contribution >= 0.6 is 0 Å². The SMILES string of the molecule is CCCCCCCCCCCCCCCC(=O)N[C@H](C)C(=O)N1C[C@H](Oc2ccncc2)C[C@H]1C(=O)N[C@H](C)C(=O)N[C@H](CCCCN)C(N)=O. The van der Waals surface area contributed by atoms with Gasteiger partial charge in [0.2, 0.25) is 29.5 Å². The zero-order valence-electron chi connectivity index (χ0n) is 31.3. The van der Waals surface area contributed by atoms with E-state index in [0.29, 0.717) is 38.0 Å². The molecule has 1 aromatic rings. The molecule has 13 heteroatoms. The number of pyridine rings is 1. The van der Waals surface area contributed by atoms with Gasteiger partial charge in [0.25, 0.3) is 0 Å². The summed E-state index contributed by atoms with van der Waals surface area (Å²) in [4.78, 5) is 70.2. The van der Waals surface area contributed by atoms with Crippen LogP contribution in [0.4, 0.5) is 0 Å². The number of aromatic nitrogens is 1. The van der Waals surface area contributed by atoms with Gasteiger partial charge in [0, 0.05) is 25.2 Å². The highest BCUT2D eigenvalue weighted by atomic mass is 16.5. The largest absolute Gasteiger partial charge is 0.488 e. The number of likely N-dealkylation sites (tertiary alicyclic amines) is 1. The summed E-state index contributed by atoms with van der Waals surface area (Å²) in [6.07, 6.45) is 20.6. The van der Waals surface area contributed by atoms with Crippen molar-refractivity contribution in [2.24, 2.45) is 11.5 Å². The number of nitrogens with zero attached hydrogens (tertiary/aromatic N) is 2. The Balaban J connectivity index is 1.87. The molecular formula is C38H65N7O6. The number of rotatable bonds is 27. The first-order valence-corrected chi connectivity index (χ1v) is 19.3. The molecule has 0 aliphatic carbocycles. The molecule has 0 bridgehead atoms. The summed E-state index contributed by atoms with van der Waals surface area (Å²) >= 11 is 0. The van der Waals surface area contributed by atoms with Crippen LogP contribution in [0, 0.1) is 0 Å². The molecule has 5 atom stereocenters. The third kappa shape index (κ3) is 17.4. The van der Waals surface area contributed by atoms with Crippen LogP contribution in [0.25, 0.3) is 0 Å². The Morgan fingerprint density at radius 3 is 1.98 bits per heavy atom. The van der Waals surface area contributed by atoms with Crippen molar-refractivity contribution in [1.29, 1.82) is 0 Å². The average Bonchev–Trinajstić information content (AvgIpc) is 3.53. The van der Waals surface area contributed by atoms with Gasteiger partial charge in [-0.3, -0.25) is 29.0 Å². The Bertz CT molecular complexity index is 1190. The second kappa shape index (κ2) is 25.3. The maximum atomic E-state index is 13.7. The molecule has 1 aromatic heterocycles. The van der Waals surface area contributed by atoms with E-state index in [9.17, 15) is 24.0 Å². The first-order valence-electron chi connectivity index (χ1n) is 19.3. The van der Waals surface area contributed by atoms with Crippen LogP contribution in [-0.4, -0.2) is 82.8 Å². The zero-order valence-corrected chi connectivity index (χ0v) is 31.3. The summed E-state index contributed by atoms with van der Waals surface area (Å²) in [5.41, 5.74) is 11.0. The van der Waals surface area contributed by atoms with E-state index in [2.05, 4.69) is 27.9 Å². The zero-order chi connectivity index (χ0) is 37.4. The van der Waals surface area contributed by atoms with Crippen LogP contribution in [0.3, 0.4) is 0 Å². The fourth-order valence-corrected chi connectivity index (χ4v) is 6.36. The van der Waals surface area contributed by atoms with E-state index < -0.39 is 53.9 Å². The minimum absolute atomic E-state index is 0.115. The molecule has 1 saturated heterocycles. The summed E-state index contributed by atoms with van der Waals surface area (Å²) in [6.45, 7) is 5.92. The van der Waals surface area contributed by atoms with Gasteiger partial charge in [-0.2, -0.15) is 0 Å². The average molecular weight is 716 g/mol. The third-order valence-corrected chi connectivity index (χ3v) is 9.42. The quantitative estimate of drug-likeness (QED) is 0.0842. The van der Waals surface area contributed by atoms with Gasteiger partial charge < -0.3 is 37.1 Å². The van der Waals surface area contributed by atoms with Crippen molar-refractivity contribution in [1.82, 2.24) is 25.8 Å². The minimum atomic E-state index is -1.01. The van der Waals surface area contributed by atoms with E-state index in [1.807, 2.05) is 0 Å². The fraction of sp³-hybridized carbons (Fsp3) is 0.737. The van der Waals surface area contributed by atoms with E-state index >= 15 is 0 Å². The molecule has 1 fully saturated rings. The molecule has 1 aliphatic rings. The Morgan fingerprint density at radius 2 is 1.41 bits per heavy atom. The van der Waals surface area contributed by atoms with E-state index in [4.69, 9.17) is 16.2 Å². The van der Waals surface area contributed by atoms with Crippen molar-refractivity contribution < 1.29 is 28.7 Å². The minimum Gasteiger partial charge on any atom is -0.488 e. The number of ether oxygens (including phenoxy) is 1. The highest BCUT2D eigenvalue weighted by Gasteiger charge is 2.43. The fourth-order valence-electron chi connectivity index (χ4n) is 6.36. The number of amides is 5. The van der Waals surface area contributed by atoms with Crippen molar-refractivity contribution in [3.8, 4) is 5.75 Å². The number of hydrogen-bond donors (Lipinski definition) is 5. The normalized spacial score (nSPS) is 17.3. The monoisotopic (exact) mass is 715 g/mol. The number of primary amides is 1. The Labute approximate surface area is 305 Å². The van der Waals surface area contributed by atoms with Gasteiger partial charge in [-0.05, 0) is 58.2 Å². The second-order valence-electron chi connectivity index (χ2n) is 13.9. The van der Waals surface area contributed by atoms with E-state index in [0.717, 1.165) is 19.3 Å². The van der Waals surface area contributed by atoms with Gasteiger partial charge >= 0.3 is 0 Å². The molecule has 2 rings (SSSR count). The number of carbonyl (C=O) groups excluding carboxylic acids is 5. The number of nitrogens with two attached hydrogens (primary N) is 2. The predicted octanol–water partition coefficient (Wildman–Crippen LogP) is 4.02. The lowest BCUT2D eigenvalue weighted by molar-refractivity contribution is -0.141. The lowest BCUT2D eigenvalue weighted by Gasteiger charge is -2.28. The number of unbranched alkanes of at least 4 members (excludes halogenated alkanes) is 13. The Kier molecular flexibility index (Phi) is 21.5. The Hall–Kier alpha value is -3.74. The standard InChI is InChI=1S/C38H65N7O6/c1-4-5-6-7-8-9-10-11-12-13-14-15-16-20-34(46)42-29(3)38(50)45-27-31(51-30-21-24-41-25-22-30)26-33(45)37(49)43-28(2)36(48)44-32(35(40)47)19-17-18-23-39/h21-22,24-25,28-29,31-33H,4-20,23,26-27,39H2,1-3H3,(H2,40,47)(H,42,46)(H,43,49)(H,44,48)/t28-,29-,31-,32-,33+/m1/s1. The van der Waals surface area contributed by atoms with Crippen LogP contribution in [0.1, 0.15) is 136 Å². The van der Waals surface area contributed by atoms with E-state index in [-0.39, 0.29) is 18.9 Å². The molecule has 13 nitrogen and oxygen atoms in total. The molecule has 5 amide bonds. The summed E-state index contributed by atoms with van der Waals surface area (Å²) < 4.78 is 6.06. The maximum Gasteiger partial charge on any atom is 0.245 e. The first-order chi connectivity index (χ1) is 24.6. The van der Waals surface area contributed by atoms with Gasteiger partial charge in [-0.25, -0.2) is 0 Å². The van der Waals surface area contributed by atoms with Crippen molar-refractivity contribution in [2.75, 3.05) is 13.1 Å². The van der Waals surface area contributed by atoms with Crippen LogP contribution in [0.2, 0.25) is 0 Å². The number of nitrogens with one attached hydrogen (secondary N) is 3. The molecule has 1 aliphatic heterocycles. The molecular weight excluding hydrogens is 650 g/mol. The summed E-state index contributed by atoms with van der Waals surface area (Å²) in [7, 11) is 0. The molecule has 0 spiro atoms. The predicted molar refractivity (Wildman–Crippen MR) is 198 cm³/mol. The molecule has 51 heavy (non-hydrogen) atoms. The molecule has 0 unspecified atom stereocenters. The number of hydrogen-bond acceptors (Lipinski definition) is 8. The van der Waals surface area contributed by atoms with E-state index in [1.54, 1.807) is 31.5 Å². The van der Waals surface area contributed by atoms with Gasteiger partial charge in [-0.15, -0.1) is 0 Å². The van der Waals surface area contributed by atoms with Crippen molar-refractivity contribution in [2.45, 2.75) is 167 Å². The maximum absolute atomic E-state index is 13.7. The molecule has 0 saturated carbocycles. The van der Waals surface area contributed by atoms with Gasteiger partial charge in [0.15, 0.2) is 0 Å². The van der Waals surface area contributed by atoms with Crippen LogP contribution in [0.15, 0.2) is 24.5 Å². The Morgan fingerprint density at radius 1 is 0.824 bits per heavy atom. The molecule has 7 N–H and O–H groups in total. The lowest BCUT2D eigenvalue weighted by atomic mass is 10.0. The van der Waals surface area contributed by atoms with Crippen LogP contribution in [0.5, 0.6) is 5.75 Å². The smallest absolute Gasteiger partial charge is 0.245 e. The van der Waals surface area contributed by atoms with E-state index in [1.165, 1.54) is 76.0 Å². The summed E-state index contributed by atoms with van der Waals surface area (Å²) in [5.74, 6) is -1.87. The van der Waals surface area contributed by atoms with Gasteiger partial charge in [0.1, 0.15) is 36.0 Å². The summed E-state index contributed by atoms with van der Waals surface area (Å²) in [6, 6.07) is -0.336. The lowest BCUT2D eigenvalue weighted by Crippen LogP contribution is -2.56. The highest BCUT2D eigenvalue weighted by molar-refractivity contribution is 5.95. The third-order valence-electron chi connectivity index (χ3n) is 9.42. The summed E-state index contributed by atoms with van der Waals surface area (Å²) in [5, 5.41) is 8.09. The number of carbonyl (C=O) groups is 5. The topological polar surface area (TPSA) is 199 Å². The van der Waals surface area contributed by atoms with Crippen molar-refractivity contribution in [3.05, 3.63) is 24.5 Å². The van der Waals surface area contributed by atoms with Crippen LogP contribution < -0.4 is 32.2 Å². The highest BCUT2D eigenvalue weighted by Crippen LogP contribution is 2.24. The van der Waals surface area contributed by atoms with Crippen molar-refractivity contribution >= 4 is 29.5 Å². The molecule has 0 aromatic carbocycles. The second-order valence-corrected chi connectivity index (χ2v) is 13.9.